The zero-order valence-electron chi connectivity index (χ0n) is 12.9. The van der Waals surface area contributed by atoms with Crippen molar-refractivity contribution in [1.29, 1.82) is 0 Å². The van der Waals surface area contributed by atoms with Crippen LogP contribution in [-0.4, -0.2) is 33.5 Å². The fourth-order valence-corrected chi connectivity index (χ4v) is 4.69. The second-order valence-electron chi connectivity index (χ2n) is 5.58. The monoisotopic (exact) mass is 377 g/mol. The van der Waals surface area contributed by atoms with Gasteiger partial charge in [-0.05, 0) is 48.4 Å². The lowest BCUT2D eigenvalue weighted by molar-refractivity contribution is 0.135. The van der Waals surface area contributed by atoms with Crippen LogP contribution in [0.15, 0.2) is 46.9 Å². The van der Waals surface area contributed by atoms with Crippen LogP contribution in [-0.2, 0) is 0 Å². The maximum atomic E-state index is 6.24. The molecule has 0 radical (unpaired) electrons. The van der Waals surface area contributed by atoms with Crippen LogP contribution in [0.3, 0.4) is 0 Å². The summed E-state index contributed by atoms with van der Waals surface area (Å²) in [6, 6.07) is 9.97. The molecular weight excluding hydrogens is 362 g/mol. The van der Waals surface area contributed by atoms with Gasteiger partial charge in [-0.1, -0.05) is 23.7 Å². The van der Waals surface area contributed by atoms with E-state index < -0.39 is 0 Å². The minimum Gasteiger partial charge on any atom is -0.473 e. The Balaban J connectivity index is 1.36. The zero-order valence-corrected chi connectivity index (χ0v) is 15.3. The van der Waals surface area contributed by atoms with Gasteiger partial charge in [0.05, 0.1) is 10.5 Å². The Bertz CT molecular complexity index is 833. The summed E-state index contributed by atoms with van der Waals surface area (Å²) in [4.78, 5) is 9.68. The molecule has 0 aliphatic carbocycles. The SMILES string of the molecule is Clc1ccccc1SN1CCC(Oc2ncnc3ccsc23)CC1. The first-order valence-corrected chi connectivity index (χ1v) is 9.85. The Morgan fingerprint density at radius 2 is 2.00 bits per heavy atom. The third kappa shape index (κ3) is 3.52. The van der Waals surface area contributed by atoms with Crippen molar-refractivity contribution in [1.82, 2.24) is 14.3 Å². The number of thiophene rings is 1. The van der Waals surface area contributed by atoms with Crippen LogP contribution in [0.1, 0.15) is 12.8 Å². The molecule has 124 valence electrons. The van der Waals surface area contributed by atoms with Gasteiger partial charge >= 0.3 is 0 Å². The highest BCUT2D eigenvalue weighted by molar-refractivity contribution is 7.97. The number of hydrogen-bond donors (Lipinski definition) is 0. The zero-order chi connectivity index (χ0) is 16.4. The van der Waals surface area contributed by atoms with E-state index in [1.807, 2.05) is 29.6 Å². The Morgan fingerprint density at radius 3 is 2.83 bits per heavy atom. The average Bonchev–Trinajstić information content (AvgIpc) is 3.08. The van der Waals surface area contributed by atoms with Crippen LogP contribution in [0.25, 0.3) is 10.2 Å². The van der Waals surface area contributed by atoms with Gasteiger partial charge in [-0.25, -0.2) is 14.3 Å². The van der Waals surface area contributed by atoms with Crippen LogP contribution in [0.5, 0.6) is 5.88 Å². The van der Waals surface area contributed by atoms with Crippen molar-refractivity contribution < 1.29 is 4.74 Å². The van der Waals surface area contributed by atoms with Crippen molar-refractivity contribution in [2.75, 3.05) is 13.1 Å². The van der Waals surface area contributed by atoms with E-state index in [0.717, 1.165) is 46.1 Å². The smallest absolute Gasteiger partial charge is 0.235 e. The summed E-state index contributed by atoms with van der Waals surface area (Å²) in [5, 5.41) is 2.83. The molecule has 1 saturated heterocycles. The molecule has 1 aliphatic heterocycles. The molecule has 7 heteroatoms. The van der Waals surface area contributed by atoms with Crippen molar-refractivity contribution in [3.8, 4) is 5.88 Å². The van der Waals surface area contributed by atoms with E-state index in [0.29, 0.717) is 5.88 Å². The molecule has 1 fully saturated rings. The number of ether oxygens (including phenoxy) is 1. The molecule has 0 atom stereocenters. The molecule has 3 aromatic rings. The van der Waals surface area contributed by atoms with Crippen molar-refractivity contribution in [2.24, 2.45) is 0 Å². The van der Waals surface area contributed by atoms with Crippen LogP contribution < -0.4 is 4.74 Å². The highest BCUT2D eigenvalue weighted by Gasteiger charge is 2.23. The van der Waals surface area contributed by atoms with Gasteiger partial charge in [-0.15, -0.1) is 11.3 Å². The average molecular weight is 378 g/mol. The summed E-state index contributed by atoms with van der Waals surface area (Å²) in [5.41, 5.74) is 0.955. The molecule has 0 N–H and O–H groups in total. The molecule has 2 aromatic heterocycles. The Kier molecular flexibility index (Phi) is 4.89. The summed E-state index contributed by atoms with van der Waals surface area (Å²) in [6.07, 6.45) is 3.74. The molecule has 3 heterocycles. The largest absolute Gasteiger partial charge is 0.473 e. The predicted molar refractivity (Wildman–Crippen MR) is 99.9 cm³/mol. The first-order valence-electron chi connectivity index (χ1n) is 7.82. The molecule has 0 amide bonds. The van der Waals surface area contributed by atoms with Crippen molar-refractivity contribution >= 4 is 45.1 Å². The van der Waals surface area contributed by atoms with Crippen LogP contribution >= 0.6 is 34.9 Å². The summed E-state index contributed by atoms with van der Waals surface area (Å²) in [5.74, 6) is 0.715. The van der Waals surface area contributed by atoms with Gasteiger partial charge in [0.25, 0.3) is 0 Å². The van der Waals surface area contributed by atoms with Gasteiger partial charge < -0.3 is 4.74 Å². The van der Waals surface area contributed by atoms with Crippen molar-refractivity contribution in [3.63, 3.8) is 0 Å². The first-order chi connectivity index (χ1) is 11.8. The molecule has 4 rings (SSSR count). The predicted octanol–water partition coefficient (Wildman–Crippen LogP) is 4.90. The number of hydrogen-bond acceptors (Lipinski definition) is 6. The van der Waals surface area contributed by atoms with Gasteiger partial charge in [0, 0.05) is 18.0 Å². The van der Waals surface area contributed by atoms with Crippen molar-refractivity contribution in [3.05, 3.63) is 47.1 Å². The molecule has 0 bridgehead atoms. The van der Waals surface area contributed by atoms with E-state index >= 15 is 0 Å². The third-order valence-electron chi connectivity index (χ3n) is 3.95. The quantitative estimate of drug-likeness (QED) is 0.605. The van der Waals surface area contributed by atoms with Crippen molar-refractivity contribution in [2.45, 2.75) is 23.8 Å². The van der Waals surface area contributed by atoms with Crippen LogP contribution in [0.2, 0.25) is 5.02 Å². The van der Waals surface area contributed by atoms with Gasteiger partial charge in [0.1, 0.15) is 17.1 Å². The molecule has 4 nitrogen and oxygen atoms in total. The molecule has 0 saturated carbocycles. The van der Waals surface area contributed by atoms with E-state index in [9.17, 15) is 0 Å². The standard InChI is InChI=1S/C17H16ClN3OS2/c18-13-3-1-2-4-15(13)24-21-8-5-12(6-9-21)22-17-16-14(7-10-23-16)19-11-20-17/h1-4,7,10-12H,5-6,8-9H2. The maximum Gasteiger partial charge on any atom is 0.235 e. The highest BCUT2D eigenvalue weighted by Crippen LogP contribution is 2.33. The fraction of sp³-hybridized carbons (Fsp3) is 0.294. The fourth-order valence-electron chi connectivity index (χ4n) is 2.71. The van der Waals surface area contributed by atoms with Crippen LogP contribution in [0, 0.1) is 0 Å². The molecule has 0 spiro atoms. The minimum atomic E-state index is 0.202. The normalized spacial score (nSPS) is 16.5. The lowest BCUT2D eigenvalue weighted by Gasteiger charge is -2.31. The summed E-state index contributed by atoms with van der Waals surface area (Å²) in [7, 11) is 0. The second-order valence-corrected chi connectivity index (χ2v) is 8.04. The molecule has 24 heavy (non-hydrogen) atoms. The first kappa shape index (κ1) is 16.1. The highest BCUT2D eigenvalue weighted by atomic mass is 35.5. The van der Waals surface area contributed by atoms with E-state index in [1.54, 1.807) is 29.6 Å². The van der Waals surface area contributed by atoms with Crippen LogP contribution in [0.4, 0.5) is 0 Å². The molecule has 1 aliphatic rings. The number of rotatable bonds is 4. The number of fused-ring (bicyclic) bond motifs is 1. The summed E-state index contributed by atoms with van der Waals surface area (Å²) < 4.78 is 9.53. The van der Waals surface area contributed by atoms with E-state index in [2.05, 4.69) is 20.3 Å². The number of piperidine rings is 1. The Hall–Kier alpha value is -1.34. The summed E-state index contributed by atoms with van der Waals surface area (Å²) >= 11 is 9.59. The van der Waals surface area contributed by atoms with Gasteiger partial charge in [0.2, 0.25) is 5.88 Å². The lowest BCUT2D eigenvalue weighted by atomic mass is 10.1. The summed E-state index contributed by atoms with van der Waals surface area (Å²) in [6.45, 7) is 1.94. The molecule has 1 aromatic carbocycles. The maximum absolute atomic E-state index is 6.24. The van der Waals surface area contributed by atoms with Gasteiger partial charge in [-0.2, -0.15) is 0 Å². The van der Waals surface area contributed by atoms with Gasteiger partial charge in [0.15, 0.2) is 0 Å². The number of benzene rings is 1. The van der Waals surface area contributed by atoms with E-state index in [1.165, 1.54) is 0 Å². The third-order valence-corrected chi connectivity index (χ3v) is 6.46. The minimum absolute atomic E-state index is 0.202. The Labute approximate surface area is 154 Å². The second kappa shape index (κ2) is 7.27. The van der Waals surface area contributed by atoms with E-state index in [4.69, 9.17) is 16.3 Å². The lowest BCUT2D eigenvalue weighted by Crippen LogP contribution is -2.34. The van der Waals surface area contributed by atoms with Gasteiger partial charge in [-0.3, -0.25) is 0 Å². The molecule has 0 unspecified atom stereocenters. The number of aromatic nitrogens is 2. The Morgan fingerprint density at radius 1 is 1.17 bits per heavy atom. The van der Waals surface area contributed by atoms with E-state index in [-0.39, 0.29) is 6.10 Å². The number of halogens is 1. The molecular formula is C17H16ClN3OS2. The number of nitrogens with zero attached hydrogens (tertiary/aromatic N) is 3. The topological polar surface area (TPSA) is 38.2 Å².